The summed E-state index contributed by atoms with van der Waals surface area (Å²) >= 11 is 1.31. The maximum Gasteiger partial charge on any atom is 0.257 e. The zero-order valence-corrected chi connectivity index (χ0v) is 14.9. The van der Waals surface area contributed by atoms with Gasteiger partial charge in [-0.2, -0.15) is 0 Å². The highest BCUT2D eigenvalue weighted by Crippen LogP contribution is 2.18. The van der Waals surface area contributed by atoms with Crippen LogP contribution in [0.3, 0.4) is 0 Å². The fraction of sp³-hybridized carbons (Fsp3) is 0.353. The normalized spacial score (nSPS) is 10.3. The average molecular weight is 347 g/mol. The highest BCUT2D eigenvalue weighted by atomic mass is 32.1. The monoisotopic (exact) mass is 347 g/mol. The van der Waals surface area contributed by atoms with Gasteiger partial charge in [-0.25, -0.2) is 4.98 Å². The van der Waals surface area contributed by atoms with Gasteiger partial charge < -0.3 is 9.64 Å². The molecule has 0 bridgehead atoms. The molecule has 1 aromatic carbocycles. The number of anilines is 1. The van der Waals surface area contributed by atoms with Crippen molar-refractivity contribution in [3.05, 3.63) is 40.9 Å². The second-order valence-corrected chi connectivity index (χ2v) is 5.93. The lowest BCUT2D eigenvalue weighted by Crippen LogP contribution is -2.31. The topological polar surface area (TPSA) is 71.5 Å². The molecule has 0 atom stereocenters. The molecule has 0 spiro atoms. The third-order valence-electron chi connectivity index (χ3n) is 3.57. The van der Waals surface area contributed by atoms with E-state index in [0.717, 1.165) is 0 Å². The number of carbonyl (C=O) groups is 2. The van der Waals surface area contributed by atoms with Crippen molar-refractivity contribution in [2.75, 3.05) is 25.5 Å². The van der Waals surface area contributed by atoms with Crippen LogP contribution in [0.15, 0.2) is 29.6 Å². The van der Waals surface area contributed by atoms with E-state index < -0.39 is 0 Å². The number of methoxy groups -OCH3 is 1. The minimum atomic E-state index is -0.242. The second-order valence-electron chi connectivity index (χ2n) is 5.07. The van der Waals surface area contributed by atoms with Crippen molar-refractivity contribution in [2.24, 2.45) is 0 Å². The lowest BCUT2D eigenvalue weighted by molar-refractivity contribution is -0.130. The number of carbonyl (C=O) groups excluding carboxylic acids is 2. The third-order valence-corrected chi connectivity index (χ3v) is 4.38. The molecule has 0 unspecified atom stereocenters. The van der Waals surface area contributed by atoms with Crippen molar-refractivity contribution in [1.29, 1.82) is 0 Å². The minimum absolute atomic E-state index is 0.0401. The first kappa shape index (κ1) is 17.9. The maximum absolute atomic E-state index is 12.2. The summed E-state index contributed by atoms with van der Waals surface area (Å²) in [6.45, 7) is 5.26. The Morgan fingerprint density at radius 1 is 1.21 bits per heavy atom. The molecule has 24 heavy (non-hydrogen) atoms. The summed E-state index contributed by atoms with van der Waals surface area (Å²) in [5.74, 6) is 0.491. The fourth-order valence-electron chi connectivity index (χ4n) is 2.20. The van der Waals surface area contributed by atoms with Gasteiger partial charge in [-0.05, 0) is 38.1 Å². The molecular weight excluding hydrogens is 326 g/mol. The summed E-state index contributed by atoms with van der Waals surface area (Å²) in [5.41, 5.74) is 1.19. The summed E-state index contributed by atoms with van der Waals surface area (Å²) in [4.78, 5) is 30.3. The predicted octanol–water partition coefficient (Wildman–Crippen LogP) is 2.81. The van der Waals surface area contributed by atoms with E-state index in [0.29, 0.717) is 35.2 Å². The number of ether oxygens (including phenoxy) is 1. The van der Waals surface area contributed by atoms with E-state index in [1.54, 1.807) is 41.7 Å². The highest BCUT2D eigenvalue weighted by Gasteiger charge is 2.14. The van der Waals surface area contributed by atoms with Crippen LogP contribution in [0.5, 0.6) is 5.75 Å². The van der Waals surface area contributed by atoms with E-state index in [2.05, 4.69) is 10.3 Å². The molecule has 6 nitrogen and oxygen atoms in total. The molecule has 0 saturated carbocycles. The van der Waals surface area contributed by atoms with E-state index >= 15 is 0 Å². The molecule has 1 aromatic heterocycles. The zero-order valence-electron chi connectivity index (χ0n) is 14.0. The van der Waals surface area contributed by atoms with E-state index in [9.17, 15) is 9.59 Å². The van der Waals surface area contributed by atoms with E-state index in [1.165, 1.54) is 11.3 Å². The van der Waals surface area contributed by atoms with Gasteiger partial charge in [-0.3, -0.25) is 14.9 Å². The first-order valence-corrected chi connectivity index (χ1v) is 8.62. The summed E-state index contributed by atoms with van der Waals surface area (Å²) in [6.07, 6.45) is 0.247. The molecule has 1 heterocycles. The lowest BCUT2D eigenvalue weighted by atomic mass is 10.2. The van der Waals surface area contributed by atoms with Crippen molar-refractivity contribution in [2.45, 2.75) is 20.3 Å². The van der Waals surface area contributed by atoms with Gasteiger partial charge in [0.05, 0.1) is 19.2 Å². The molecule has 0 saturated heterocycles. The van der Waals surface area contributed by atoms with Crippen molar-refractivity contribution >= 4 is 28.3 Å². The van der Waals surface area contributed by atoms with Crippen LogP contribution in [-0.2, 0) is 11.2 Å². The van der Waals surface area contributed by atoms with Crippen LogP contribution in [0.2, 0.25) is 0 Å². The van der Waals surface area contributed by atoms with Gasteiger partial charge in [-0.15, -0.1) is 11.3 Å². The van der Waals surface area contributed by atoms with Gasteiger partial charge in [-0.1, -0.05) is 0 Å². The summed E-state index contributed by atoms with van der Waals surface area (Å²) in [5, 5.41) is 5.03. The molecule has 2 aromatic rings. The number of thiazole rings is 1. The Morgan fingerprint density at radius 3 is 2.46 bits per heavy atom. The molecule has 128 valence electrons. The van der Waals surface area contributed by atoms with Gasteiger partial charge in [0.1, 0.15) is 5.75 Å². The van der Waals surface area contributed by atoms with Crippen LogP contribution in [0.25, 0.3) is 0 Å². The zero-order chi connectivity index (χ0) is 17.5. The first-order chi connectivity index (χ1) is 11.6. The molecule has 0 aliphatic heterocycles. The Kier molecular flexibility index (Phi) is 6.31. The summed E-state index contributed by atoms with van der Waals surface area (Å²) < 4.78 is 5.07. The fourth-order valence-corrected chi connectivity index (χ4v) is 2.91. The Labute approximate surface area is 145 Å². The second kappa shape index (κ2) is 8.44. The standard InChI is InChI=1S/C17H21N3O3S/c1-4-20(5-2)15(21)10-13-11-24-17(18-13)19-16(22)12-6-8-14(23-3)9-7-12/h6-9,11H,4-5,10H2,1-3H3,(H,18,19,22). The molecule has 0 aliphatic rings. The van der Waals surface area contributed by atoms with Gasteiger partial charge in [0.15, 0.2) is 5.13 Å². The molecule has 2 rings (SSSR count). The molecular formula is C17H21N3O3S. The molecule has 1 N–H and O–H groups in total. The molecule has 2 amide bonds. The van der Waals surface area contributed by atoms with Gasteiger partial charge in [0.2, 0.25) is 5.91 Å². The quantitative estimate of drug-likeness (QED) is 0.836. The van der Waals surface area contributed by atoms with Crippen LogP contribution in [0, 0.1) is 0 Å². The van der Waals surface area contributed by atoms with Gasteiger partial charge in [0, 0.05) is 24.0 Å². The van der Waals surface area contributed by atoms with Gasteiger partial charge in [0.25, 0.3) is 5.91 Å². The Bertz CT molecular complexity index is 693. The van der Waals surface area contributed by atoms with E-state index in [1.807, 2.05) is 13.8 Å². The number of nitrogens with zero attached hydrogens (tertiary/aromatic N) is 2. The smallest absolute Gasteiger partial charge is 0.257 e. The Hall–Kier alpha value is -2.41. The Balaban J connectivity index is 1.97. The Morgan fingerprint density at radius 2 is 1.88 bits per heavy atom. The van der Waals surface area contributed by atoms with Crippen LogP contribution in [-0.4, -0.2) is 41.9 Å². The number of nitrogens with one attached hydrogen (secondary N) is 1. The molecule has 0 radical (unpaired) electrons. The molecule has 7 heteroatoms. The highest BCUT2D eigenvalue weighted by molar-refractivity contribution is 7.14. The van der Waals surface area contributed by atoms with Gasteiger partial charge >= 0.3 is 0 Å². The number of amides is 2. The first-order valence-electron chi connectivity index (χ1n) is 7.75. The maximum atomic E-state index is 12.2. The van der Waals surface area contributed by atoms with Crippen LogP contribution < -0.4 is 10.1 Å². The number of hydrogen-bond donors (Lipinski definition) is 1. The van der Waals surface area contributed by atoms with E-state index in [-0.39, 0.29) is 18.2 Å². The predicted molar refractivity (Wildman–Crippen MR) is 94.7 cm³/mol. The van der Waals surface area contributed by atoms with Crippen LogP contribution >= 0.6 is 11.3 Å². The number of hydrogen-bond acceptors (Lipinski definition) is 5. The lowest BCUT2D eigenvalue weighted by Gasteiger charge is -2.17. The number of aromatic nitrogens is 1. The van der Waals surface area contributed by atoms with Crippen molar-refractivity contribution in [1.82, 2.24) is 9.88 Å². The van der Waals surface area contributed by atoms with Crippen LogP contribution in [0.1, 0.15) is 29.9 Å². The minimum Gasteiger partial charge on any atom is -0.497 e. The average Bonchev–Trinajstić information content (AvgIpc) is 3.02. The SMILES string of the molecule is CCN(CC)C(=O)Cc1csc(NC(=O)c2ccc(OC)cc2)n1. The third kappa shape index (κ3) is 4.55. The van der Waals surface area contributed by atoms with Crippen LogP contribution in [0.4, 0.5) is 5.13 Å². The molecule has 0 aliphatic carbocycles. The summed E-state index contributed by atoms with van der Waals surface area (Å²) in [6, 6.07) is 6.83. The van der Waals surface area contributed by atoms with E-state index in [4.69, 9.17) is 4.74 Å². The van der Waals surface area contributed by atoms with Crippen molar-refractivity contribution in [3.8, 4) is 5.75 Å². The van der Waals surface area contributed by atoms with Crippen molar-refractivity contribution < 1.29 is 14.3 Å². The van der Waals surface area contributed by atoms with Crippen molar-refractivity contribution in [3.63, 3.8) is 0 Å². The number of rotatable bonds is 7. The number of likely N-dealkylation sites (N-methyl/N-ethyl adjacent to an activating group) is 1. The summed E-state index contributed by atoms with van der Waals surface area (Å²) in [7, 11) is 1.58. The number of benzene rings is 1. The largest absolute Gasteiger partial charge is 0.497 e. The molecule has 0 fully saturated rings.